The van der Waals surface area contributed by atoms with Crippen molar-refractivity contribution < 1.29 is 4.79 Å². The molecule has 0 radical (unpaired) electrons. The van der Waals surface area contributed by atoms with E-state index < -0.39 is 5.91 Å². The summed E-state index contributed by atoms with van der Waals surface area (Å²) in [6.45, 7) is 0. The number of rotatable bonds is 2. The Hall–Kier alpha value is -1.84. The second kappa shape index (κ2) is 3.04. The molecule has 0 aliphatic carbocycles. The van der Waals surface area contributed by atoms with Gasteiger partial charge in [-0.15, -0.1) is 0 Å². The summed E-state index contributed by atoms with van der Waals surface area (Å²) in [6, 6.07) is 6.50. The molecule has 62 valence electrons. The van der Waals surface area contributed by atoms with Crippen LogP contribution < -0.4 is 11.5 Å². The van der Waals surface area contributed by atoms with Gasteiger partial charge in [0.15, 0.2) is 0 Å². The predicted molar refractivity (Wildman–Crippen MR) is 46.0 cm³/mol. The lowest BCUT2D eigenvalue weighted by atomic mass is 10.1. The summed E-state index contributed by atoms with van der Waals surface area (Å²) in [5.74, 6) is -0.717. The van der Waals surface area contributed by atoms with Gasteiger partial charge >= 0.3 is 0 Å². The number of nitrogens with two attached hydrogens (primary N) is 2. The maximum Gasteiger partial charge on any atom is 0.249 e. The lowest BCUT2D eigenvalue weighted by molar-refractivity contribution is 0.1000. The molecule has 0 atom stereocenters. The number of carbonyl (C=O) groups excluding carboxylic acids is 1. The monoisotopic (exact) mass is 163 g/mol. The maximum atomic E-state index is 10.8. The molecule has 0 unspecified atom stereocenters. The molecule has 1 amide bonds. The standard InChI is InChI=1S/C8H9N3O/c9-7(10)5-3-1-2-4-6(5)8(11)12/h1-4H,(H3,9,10)(H2,11,12). The zero-order chi connectivity index (χ0) is 9.14. The van der Waals surface area contributed by atoms with Crippen molar-refractivity contribution in [1.29, 1.82) is 5.41 Å². The van der Waals surface area contributed by atoms with E-state index in [2.05, 4.69) is 0 Å². The van der Waals surface area contributed by atoms with Crippen LogP contribution in [0.3, 0.4) is 0 Å². The SMILES string of the molecule is N=C(N)c1ccccc1C(N)=O. The summed E-state index contributed by atoms with van der Waals surface area (Å²) in [7, 11) is 0. The highest BCUT2D eigenvalue weighted by molar-refractivity contribution is 6.06. The third-order valence-electron chi connectivity index (χ3n) is 1.48. The fourth-order valence-electron chi connectivity index (χ4n) is 0.933. The Bertz CT molecular complexity index is 300. The summed E-state index contributed by atoms with van der Waals surface area (Å²) >= 11 is 0. The van der Waals surface area contributed by atoms with Gasteiger partial charge in [-0.05, 0) is 6.07 Å². The molecule has 0 bridgehead atoms. The molecule has 0 aliphatic heterocycles. The van der Waals surface area contributed by atoms with E-state index in [1.54, 1.807) is 24.3 Å². The number of nitrogen functional groups attached to an aromatic ring is 1. The van der Waals surface area contributed by atoms with Gasteiger partial charge in [-0.3, -0.25) is 10.2 Å². The van der Waals surface area contributed by atoms with E-state index in [1.807, 2.05) is 0 Å². The van der Waals surface area contributed by atoms with Crippen LogP contribution in [-0.4, -0.2) is 11.7 Å². The van der Waals surface area contributed by atoms with Crippen LogP contribution in [-0.2, 0) is 0 Å². The van der Waals surface area contributed by atoms with Crippen molar-refractivity contribution in [2.45, 2.75) is 0 Å². The van der Waals surface area contributed by atoms with Gasteiger partial charge < -0.3 is 11.5 Å². The minimum atomic E-state index is -0.569. The third kappa shape index (κ3) is 1.42. The molecule has 0 saturated carbocycles. The largest absolute Gasteiger partial charge is 0.384 e. The molecule has 0 spiro atoms. The van der Waals surface area contributed by atoms with Crippen LogP contribution in [0.1, 0.15) is 15.9 Å². The maximum absolute atomic E-state index is 10.8. The number of benzene rings is 1. The average molecular weight is 163 g/mol. The lowest BCUT2D eigenvalue weighted by Crippen LogP contribution is -2.20. The van der Waals surface area contributed by atoms with Crippen molar-refractivity contribution in [1.82, 2.24) is 0 Å². The quantitative estimate of drug-likeness (QED) is 0.425. The molecular weight excluding hydrogens is 154 g/mol. The smallest absolute Gasteiger partial charge is 0.249 e. The number of amidine groups is 1. The van der Waals surface area contributed by atoms with Crippen LogP contribution in [0.2, 0.25) is 0 Å². The molecular formula is C8H9N3O. The van der Waals surface area contributed by atoms with E-state index in [4.69, 9.17) is 16.9 Å². The number of amides is 1. The van der Waals surface area contributed by atoms with E-state index in [1.165, 1.54) is 0 Å². The Morgan fingerprint density at radius 2 is 1.67 bits per heavy atom. The van der Waals surface area contributed by atoms with Crippen LogP contribution in [0.15, 0.2) is 24.3 Å². The minimum absolute atomic E-state index is 0.149. The molecule has 1 aromatic carbocycles. The second-order valence-corrected chi connectivity index (χ2v) is 2.32. The third-order valence-corrected chi connectivity index (χ3v) is 1.48. The summed E-state index contributed by atoms with van der Waals surface area (Å²) in [6.07, 6.45) is 0. The van der Waals surface area contributed by atoms with Crippen molar-refractivity contribution in [3.05, 3.63) is 35.4 Å². The number of hydrogen-bond donors (Lipinski definition) is 3. The first-order valence-electron chi connectivity index (χ1n) is 3.36. The fraction of sp³-hybridized carbons (Fsp3) is 0. The predicted octanol–water partition coefficient (Wildman–Crippen LogP) is 0.0696. The van der Waals surface area contributed by atoms with Gasteiger partial charge in [0.25, 0.3) is 0 Å². The average Bonchev–Trinajstić information content (AvgIpc) is 2.04. The van der Waals surface area contributed by atoms with Gasteiger partial charge in [0.05, 0.1) is 0 Å². The van der Waals surface area contributed by atoms with Crippen molar-refractivity contribution >= 4 is 11.7 Å². The van der Waals surface area contributed by atoms with Crippen LogP contribution in [0.25, 0.3) is 0 Å². The number of carbonyl (C=O) groups is 1. The van der Waals surface area contributed by atoms with Gasteiger partial charge in [0.1, 0.15) is 5.84 Å². The molecule has 0 saturated heterocycles. The Balaban J connectivity index is 3.27. The lowest BCUT2D eigenvalue weighted by Gasteiger charge is -2.02. The van der Waals surface area contributed by atoms with Crippen molar-refractivity contribution in [3.63, 3.8) is 0 Å². The minimum Gasteiger partial charge on any atom is -0.384 e. The number of primary amides is 1. The van der Waals surface area contributed by atoms with Crippen molar-refractivity contribution in [2.24, 2.45) is 11.5 Å². The Morgan fingerprint density at radius 3 is 2.00 bits per heavy atom. The number of nitrogens with one attached hydrogen (secondary N) is 1. The van der Waals surface area contributed by atoms with Crippen molar-refractivity contribution in [2.75, 3.05) is 0 Å². The second-order valence-electron chi connectivity index (χ2n) is 2.32. The van der Waals surface area contributed by atoms with E-state index in [9.17, 15) is 4.79 Å². The Labute approximate surface area is 69.7 Å². The van der Waals surface area contributed by atoms with E-state index in [-0.39, 0.29) is 11.4 Å². The van der Waals surface area contributed by atoms with Crippen LogP contribution >= 0.6 is 0 Å². The van der Waals surface area contributed by atoms with E-state index in [0.29, 0.717) is 5.56 Å². The summed E-state index contributed by atoms with van der Waals surface area (Å²) in [5, 5.41) is 7.14. The van der Waals surface area contributed by atoms with Gasteiger partial charge in [-0.2, -0.15) is 0 Å². The van der Waals surface area contributed by atoms with Crippen molar-refractivity contribution in [3.8, 4) is 0 Å². The Morgan fingerprint density at radius 1 is 1.17 bits per heavy atom. The molecule has 0 aromatic heterocycles. The zero-order valence-corrected chi connectivity index (χ0v) is 6.37. The Kier molecular flexibility index (Phi) is 2.09. The first-order valence-corrected chi connectivity index (χ1v) is 3.36. The van der Waals surface area contributed by atoms with Gasteiger partial charge in [-0.25, -0.2) is 0 Å². The van der Waals surface area contributed by atoms with Crippen LogP contribution in [0, 0.1) is 5.41 Å². The van der Waals surface area contributed by atoms with Crippen LogP contribution in [0.5, 0.6) is 0 Å². The summed E-state index contributed by atoms with van der Waals surface area (Å²) in [4.78, 5) is 10.8. The molecule has 0 heterocycles. The molecule has 1 aromatic rings. The topological polar surface area (TPSA) is 93.0 Å². The highest BCUT2D eigenvalue weighted by Crippen LogP contribution is 2.06. The first kappa shape index (κ1) is 8.26. The highest BCUT2D eigenvalue weighted by atomic mass is 16.1. The van der Waals surface area contributed by atoms with Gasteiger partial charge in [0, 0.05) is 11.1 Å². The molecule has 0 fully saturated rings. The molecule has 12 heavy (non-hydrogen) atoms. The first-order chi connectivity index (χ1) is 5.63. The molecule has 0 aliphatic rings. The fourth-order valence-corrected chi connectivity index (χ4v) is 0.933. The molecule has 4 heteroatoms. The van der Waals surface area contributed by atoms with E-state index in [0.717, 1.165) is 0 Å². The number of hydrogen-bond acceptors (Lipinski definition) is 2. The molecule has 1 rings (SSSR count). The van der Waals surface area contributed by atoms with Crippen LogP contribution in [0.4, 0.5) is 0 Å². The normalized spacial score (nSPS) is 9.33. The summed E-state index contributed by atoms with van der Waals surface area (Å²) < 4.78 is 0. The molecule has 5 N–H and O–H groups in total. The summed E-state index contributed by atoms with van der Waals surface area (Å²) in [5.41, 5.74) is 11.0. The highest BCUT2D eigenvalue weighted by Gasteiger charge is 2.07. The molecule has 4 nitrogen and oxygen atoms in total. The van der Waals surface area contributed by atoms with Gasteiger partial charge in [-0.1, -0.05) is 18.2 Å². The zero-order valence-electron chi connectivity index (χ0n) is 6.37. The van der Waals surface area contributed by atoms with Gasteiger partial charge in [0.2, 0.25) is 5.91 Å². The van der Waals surface area contributed by atoms with E-state index >= 15 is 0 Å².